The minimum absolute atomic E-state index is 0.162. The fraction of sp³-hybridized carbons (Fsp3) is 0.290. The van der Waals surface area contributed by atoms with Crippen LogP contribution in [0.5, 0.6) is 5.75 Å². The molecule has 1 fully saturated rings. The highest BCUT2D eigenvalue weighted by Gasteiger charge is 2.31. The molecule has 1 saturated heterocycles. The van der Waals surface area contributed by atoms with E-state index in [0.29, 0.717) is 46.0 Å². The largest absolute Gasteiger partial charge is 0.495 e. The molecular weight excluding hydrogens is 679 g/mol. The molecule has 0 unspecified atom stereocenters. The Balaban J connectivity index is 1.42. The van der Waals surface area contributed by atoms with Crippen molar-refractivity contribution in [2.24, 2.45) is 0 Å². The number of rotatable bonds is 10. The van der Waals surface area contributed by atoms with Gasteiger partial charge < -0.3 is 4.74 Å². The molecule has 4 aromatic rings. The fourth-order valence-electron chi connectivity index (χ4n) is 5.08. The number of amides is 2. The van der Waals surface area contributed by atoms with Crippen LogP contribution in [0.15, 0.2) is 70.8 Å². The van der Waals surface area contributed by atoms with Gasteiger partial charge in [0.1, 0.15) is 5.75 Å². The molecule has 46 heavy (non-hydrogen) atoms. The Morgan fingerprint density at radius 2 is 1.76 bits per heavy atom. The van der Waals surface area contributed by atoms with Crippen LogP contribution in [0, 0.1) is 11.6 Å². The number of carbonyl (C=O) groups is 1. The molecule has 1 aromatic heterocycles. The van der Waals surface area contributed by atoms with Crippen LogP contribution in [0.25, 0.3) is 5.69 Å². The third-order valence-electron chi connectivity index (χ3n) is 7.69. The average molecular weight is 711 g/mol. The average Bonchev–Trinajstić information content (AvgIpc) is 3.68. The Labute approximate surface area is 280 Å². The van der Waals surface area contributed by atoms with Gasteiger partial charge in [-0.2, -0.15) is 0 Å². The van der Waals surface area contributed by atoms with Gasteiger partial charge in [-0.15, -0.1) is 0 Å². The molecule has 9 nitrogen and oxygen atoms in total. The number of hydrogen-bond donors (Lipinski definition) is 2. The number of imidazole rings is 1. The van der Waals surface area contributed by atoms with Gasteiger partial charge in [-0.3, -0.25) is 9.99 Å². The first-order valence-electron chi connectivity index (χ1n) is 14.2. The monoisotopic (exact) mass is 709 g/mol. The molecule has 2 N–H and O–H groups in total. The molecule has 1 aliphatic heterocycles. The number of benzene rings is 3. The Hall–Kier alpha value is -3.36. The molecule has 244 valence electrons. The normalized spacial score (nSPS) is 14.0. The maximum atomic E-state index is 14.5. The van der Waals surface area contributed by atoms with Crippen molar-refractivity contribution in [3.05, 3.63) is 99.3 Å². The number of urea groups is 1. The highest BCUT2D eigenvalue weighted by molar-refractivity contribution is 7.98. The van der Waals surface area contributed by atoms with Crippen LogP contribution in [-0.2, 0) is 21.2 Å². The SMILES string of the molecule is COc1cc(C(C)(C)c2cnc(SCc3ccc(S(=O)(=O)NC(=O)NN4CCCC4)cc3Cl)n2-c2ccc(F)c(F)c2)ccc1Cl. The molecule has 0 bridgehead atoms. The lowest BCUT2D eigenvalue weighted by atomic mass is 9.81. The zero-order valence-electron chi connectivity index (χ0n) is 25.1. The van der Waals surface area contributed by atoms with Gasteiger partial charge in [-0.1, -0.05) is 60.9 Å². The minimum atomic E-state index is -4.18. The van der Waals surface area contributed by atoms with Crippen molar-refractivity contribution in [3.8, 4) is 11.4 Å². The van der Waals surface area contributed by atoms with Gasteiger partial charge >= 0.3 is 6.03 Å². The number of sulfonamides is 1. The van der Waals surface area contributed by atoms with Crippen LogP contribution in [0.1, 0.15) is 43.5 Å². The lowest BCUT2D eigenvalue weighted by molar-refractivity contribution is 0.202. The lowest BCUT2D eigenvalue weighted by Crippen LogP contribution is -2.47. The number of carbonyl (C=O) groups excluding carboxylic acids is 1. The molecule has 0 atom stereocenters. The van der Waals surface area contributed by atoms with Crippen LogP contribution >= 0.6 is 35.0 Å². The van der Waals surface area contributed by atoms with Crippen molar-refractivity contribution in [2.45, 2.75) is 47.9 Å². The van der Waals surface area contributed by atoms with Crippen molar-refractivity contribution in [1.29, 1.82) is 0 Å². The molecule has 2 amide bonds. The first-order chi connectivity index (χ1) is 21.8. The summed E-state index contributed by atoms with van der Waals surface area (Å²) in [4.78, 5) is 16.7. The van der Waals surface area contributed by atoms with Crippen molar-refractivity contribution in [1.82, 2.24) is 24.7 Å². The van der Waals surface area contributed by atoms with Crippen molar-refractivity contribution in [3.63, 3.8) is 0 Å². The fourth-order valence-corrected chi connectivity index (χ4v) is 7.59. The van der Waals surface area contributed by atoms with Crippen LogP contribution in [0.4, 0.5) is 13.6 Å². The van der Waals surface area contributed by atoms with E-state index in [1.54, 1.807) is 27.9 Å². The zero-order chi connectivity index (χ0) is 33.2. The second kappa shape index (κ2) is 13.8. The molecular formula is C31H31Cl2F2N5O4S2. The van der Waals surface area contributed by atoms with Gasteiger partial charge in [0.15, 0.2) is 16.8 Å². The van der Waals surface area contributed by atoms with E-state index in [4.69, 9.17) is 27.9 Å². The van der Waals surface area contributed by atoms with E-state index in [-0.39, 0.29) is 15.7 Å². The molecule has 3 aromatic carbocycles. The second-order valence-electron chi connectivity index (χ2n) is 11.1. The lowest BCUT2D eigenvalue weighted by Gasteiger charge is -2.28. The number of halogens is 4. The first-order valence-corrected chi connectivity index (χ1v) is 17.4. The van der Waals surface area contributed by atoms with Gasteiger partial charge in [0.05, 0.1) is 34.6 Å². The van der Waals surface area contributed by atoms with E-state index in [1.807, 2.05) is 30.7 Å². The number of ether oxygens (including phenoxy) is 1. The van der Waals surface area contributed by atoms with E-state index in [0.717, 1.165) is 30.5 Å². The minimum Gasteiger partial charge on any atom is -0.495 e. The summed E-state index contributed by atoms with van der Waals surface area (Å²) in [6.45, 7) is 5.23. The van der Waals surface area contributed by atoms with Gasteiger partial charge in [0, 0.05) is 35.3 Å². The third-order valence-corrected chi connectivity index (χ3v) is 10.7. The number of hydrogen-bond acceptors (Lipinski definition) is 7. The van der Waals surface area contributed by atoms with E-state index in [9.17, 15) is 22.0 Å². The second-order valence-corrected chi connectivity index (χ2v) is 14.6. The Kier molecular flexibility index (Phi) is 10.2. The van der Waals surface area contributed by atoms with Crippen LogP contribution in [0.2, 0.25) is 10.0 Å². The summed E-state index contributed by atoms with van der Waals surface area (Å²) in [5.74, 6) is -1.24. The molecule has 1 aliphatic rings. The third kappa shape index (κ3) is 7.28. The number of methoxy groups -OCH3 is 1. The number of nitrogens with zero attached hydrogens (tertiary/aromatic N) is 3. The van der Waals surface area contributed by atoms with Gasteiger partial charge in [0.2, 0.25) is 0 Å². The predicted molar refractivity (Wildman–Crippen MR) is 174 cm³/mol. The van der Waals surface area contributed by atoms with Gasteiger partial charge in [0.25, 0.3) is 10.0 Å². The predicted octanol–water partition coefficient (Wildman–Crippen LogP) is 7.08. The summed E-state index contributed by atoms with van der Waals surface area (Å²) in [5, 5.41) is 2.73. The zero-order valence-corrected chi connectivity index (χ0v) is 28.3. The maximum Gasteiger partial charge on any atom is 0.343 e. The maximum absolute atomic E-state index is 14.5. The number of nitrogens with one attached hydrogen (secondary N) is 2. The summed E-state index contributed by atoms with van der Waals surface area (Å²) >= 11 is 14.1. The molecule has 15 heteroatoms. The molecule has 0 aliphatic carbocycles. The number of hydrazine groups is 1. The van der Waals surface area contributed by atoms with E-state index in [1.165, 1.54) is 37.1 Å². The van der Waals surface area contributed by atoms with Gasteiger partial charge in [-0.25, -0.2) is 36.7 Å². The molecule has 0 radical (unpaired) electrons. The summed E-state index contributed by atoms with van der Waals surface area (Å²) < 4.78 is 63.3. The quantitative estimate of drug-likeness (QED) is 0.170. The molecule has 5 rings (SSSR count). The van der Waals surface area contributed by atoms with Crippen molar-refractivity contribution >= 4 is 51.0 Å². The summed E-state index contributed by atoms with van der Waals surface area (Å²) in [7, 11) is -2.66. The first kappa shape index (κ1) is 34.0. The van der Waals surface area contributed by atoms with E-state index < -0.39 is 33.1 Å². The Morgan fingerprint density at radius 3 is 2.43 bits per heavy atom. The molecule has 2 heterocycles. The van der Waals surface area contributed by atoms with Crippen LogP contribution in [-0.4, -0.2) is 49.2 Å². The van der Waals surface area contributed by atoms with Crippen molar-refractivity contribution in [2.75, 3.05) is 20.2 Å². The number of thioether (sulfide) groups is 1. The topological polar surface area (TPSA) is 106 Å². The Morgan fingerprint density at radius 1 is 1.02 bits per heavy atom. The van der Waals surface area contributed by atoms with Crippen LogP contribution < -0.4 is 14.9 Å². The molecule has 0 spiro atoms. The van der Waals surface area contributed by atoms with Crippen molar-refractivity contribution < 1.29 is 26.7 Å². The summed E-state index contributed by atoms with van der Waals surface area (Å²) in [6, 6.07) is 12.4. The smallest absolute Gasteiger partial charge is 0.343 e. The standard InChI is InChI=1S/C31H31Cl2F2N5O4S2/c1-31(2,20-7-10-23(32)27(14-20)44-3)28-17-36-30(40(28)21-8-11-25(34)26(35)15-21)45-18-19-6-9-22(16-24(19)33)46(42,43)38-29(41)37-39-12-4-5-13-39/h6-11,14-17H,4-5,12-13,18H2,1-3H3,(H2,37,38,41). The summed E-state index contributed by atoms with van der Waals surface area (Å²) in [5.41, 5.74) is 4.30. The van der Waals surface area contributed by atoms with E-state index >= 15 is 0 Å². The van der Waals surface area contributed by atoms with Crippen LogP contribution in [0.3, 0.4) is 0 Å². The molecule has 0 saturated carbocycles. The van der Waals surface area contributed by atoms with Gasteiger partial charge in [-0.05, 0) is 60.4 Å². The number of aromatic nitrogens is 2. The van der Waals surface area contributed by atoms with E-state index in [2.05, 4.69) is 10.4 Å². The Bertz CT molecular complexity index is 1880. The summed E-state index contributed by atoms with van der Waals surface area (Å²) in [6.07, 6.45) is 3.50. The highest BCUT2D eigenvalue weighted by Crippen LogP contribution is 2.39. The highest BCUT2D eigenvalue weighted by atomic mass is 35.5.